The monoisotopic (exact) mass is 213 g/mol. The van der Waals surface area contributed by atoms with Gasteiger partial charge in [-0.3, -0.25) is 4.79 Å². The lowest BCUT2D eigenvalue weighted by molar-refractivity contribution is -0.124. The molecule has 1 aliphatic carbocycles. The van der Waals surface area contributed by atoms with E-state index in [2.05, 4.69) is 24.3 Å². The summed E-state index contributed by atoms with van der Waals surface area (Å²) in [5, 5.41) is 14.3. The number of rotatable bonds is 5. The summed E-state index contributed by atoms with van der Waals surface area (Å²) in [6.45, 7) is 4.80. The number of nitrogens with one attached hydrogen (secondary N) is 1. The van der Waals surface area contributed by atoms with Gasteiger partial charge < -0.3 is 16.3 Å². The van der Waals surface area contributed by atoms with E-state index in [9.17, 15) is 4.79 Å². The van der Waals surface area contributed by atoms with Gasteiger partial charge in [-0.1, -0.05) is 25.4 Å². The molecule has 1 saturated carbocycles. The SMILES string of the molecule is CCC(C)CNC(=O)C1(C(N)=NO)CC1. The molecule has 0 aromatic heterocycles. The molecule has 1 unspecified atom stereocenters. The van der Waals surface area contributed by atoms with Crippen molar-refractivity contribution in [1.29, 1.82) is 0 Å². The highest BCUT2D eigenvalue weighted by atomic mass is 16.4. The number of nitrogens with two attached hydrogens (primary N) is 1. The molecule has 1 aliphatic rings. The maximum absolute atomic E-state index is 11.8. The molecule has 5 heteroatoms. The molecule has 0 saturated heterocycles. The zero-order valence-corrected chi connectivity index (χ0v) is 9.29. The van der Waals surface area contributed by atoms with Crippen molar-refractivity contribution >= 4 is 11.7 Å². The summed E-state index contributed by atoms with van der Waals surface area (Å²) in [7, 11) is 0. The first-order chi connectivity index (χ1) is 7.06. The summed E-state index contributed by atoms with van der Waals surface area (Å²) in [5.74, 6) is 0.374. The van der Waals surface area contributed by atoms with Gasteiger partial charge in [-0.15, -0.1) is 0 Å². The Morgan fingerprint density at radius 1 is 1.67 bits per heavy atom. The molecule has 0 aromatic rings. The second-order valence-corrected chi connectivity index (χ2v) is 4.29. The van der Waals surface area contributed by atoms with Crippen LogP contribution in [0, 0.1) is 11.3 Å². The van der Waals surface area contributed by atoms with Gasteiger partial charge in [0, 0.05) is 6.54 Å². The van der Waals surface area contributed by atoms with Crippen molar-refractivity contribution in [2.75, 3.05) is 6.54 Å². The first-order valence-corrected chi connectivity index (χ1v) is 5.33. The van der Waals surface area contributed by atoms with Crippen molar-refractivity contribution in [2.45, 2.75) is 33.1 Å². The highest BCUT2D eigenvalue weighted by Gasteiger charge is 2.54. The highest BCUT2D eigenvalue weighted by molar-refractivity contribution is 6.09. The Labute approximate surface area is 89.7 Å². The zero-order chi connectivity index (χ0) is 11.5. The molecule has 4 N–H and O–H groups in total. The summed E-state index contributed by atoms with van der Waals surface area (Å²) in [6, 6.07) is 0. The van der Waals surface area contributed by atoms with Crippen molar-refractivity contribution in [1.82, 2.24) is 5.32 Å². The first-order valence-electron chi connectivity index (χ1n) is 5.33. The molecule has 5 nitrogen and oxygen atoms in total. The Morgan fingerprint density at radius 2 is 2.27 bits per heavy atom. The van der Waals surface area contributed by atoms with Gasteiger partial charge in [-0.25, -0.2) is 0 Å². The van der Waals surface area contributed by atoms with E-state index < -0.39 is 5.41 Å². The van der Waals surface area contributed by atoms with Crippen LogP contribution < -0.4 is 11.1 Å². The minimum atomic E-state index is -0.720. The Bertz CT molecular complexity index is 272. The number of hydrogen-bond acceptors (Lipinski definition) is 3. The largest absolute Gasteiger partial charge is 0.409 e. The molecule has 1 rings (SSSR count). The highest BCUT2D eigenvalue weighted by Crippen LogP contribution is 2.45. The molecule has 1 fully saturated rings. The van der Waals surface area contributed by atoms with Crippen LogP contribution in [-0.4, -0.2) is 23.5 Å². The number of amidine groups is 1. The topological polar surface area (TPSA) is 87.7 Å². The normalized spacial score (nSPS) is 20.8. The van der Waals surface area contributed by atoms with Crippen LogP contribution in [0.4, 0.5) is 0 Å². The molecule has 15 heavy (non-hydrogen) atoms. The molecule has 0 aliphatic heterocycles. The predicted molar refractivity (Wildman–Crippen MR) is 57.5 cm³/mol. The van der Waals surface area contributed by atoms with Gasteiger partial charge in [-0.05, 0) is 18.8 Å². The third kappa shape index (κ3) is 2.40. The second-order valence-electron chi connectivity index (χ2n) is 4.29. The number of nitrogens with zero attached hydrogens (tertiary/aromatic N) is 1. The Balaban J connectivity index is 2.48. The van der Waals surface area contributed by atoms with Crippen LogP contribution in [0.25, 0.3) is 0 Å². The maximum atomic E-state index is 11.8. The van der Waals surface area contributed by atoms with E-state index in [-0.39, 0.29) is 11.7 Å². The fourth-order valence-corrected chi connectivity index (χ4v) is 1.40. The number of hydrogen-bond donors (Lipinski definition) is 3. The summed E-state index contributed by atoms with van der Waals surface area (Å²) in [4.78, 5) is 11.8. The summed E-state index contributed by atoms with van der Waals surface area (Å²) < 4.78 is 0. The summed E-state index contributed by atoms with van der Waals surface area (Å²) in [6.07, 6.45) is 2.38. The lowest BCUT2D eigenvalue weighted by Crippen LogP contribution is -2.42. The third-order valence-electron chi connectivity index (χ3n) is 3.09. The van der Waals surface area contributed by atoms with E-state index in [1.165, 1.54) is 0 Å². The molecular weight excluding hydrogens is 194 g/mol. The fourth-order valence-electron chi connectivity index (χ4n) is 1.40. The Kier molecular flexibility index (Phi) is 3.55. The van der Waals surface area contributed by atoms with Gasteiger partial charge >= 0.3 is 0 Å². The molecule has 1 atom stereocenters. The first kappa shape index (κ1) is 11.8. The van der Waals surface area contributed by atoms with Crippen LogP contribution in [0.5, 0.6) is 0 Å². The number of carbonyl (C=O) groups excluding carboxylic acids is 1. The van der Waals surface area contributed by atoms with E-state index in [0.29, 0.717) is 25.3 Å². The molecular formula is C10H19N3O2. The molecule has 86 valence electrons. The quantitative estimate of drug-likeness (QED) is 0.271. The van der Waals surface area contributed by atoms with Crippen LogP contribution in [0.15, 0.2) is 5.16 Å². The van der Waals surface area contributed by atoms with E-state index in [1.807, 2.05) is 0 Å². The lowest BCUT2D eigenvalue weighted by atomic mass is 10.0. The maximum Gasteiger partial charge on any atom is 0.233 e. The third-order valence-corrected chi connectivity index (χ3v) is 3.09. The van der Waals surface area contributed by atoms with Crippen LogP contribution >= 0.6 is 0 Å². The molecule has 0 heterocycles. The van der Waals surface area contributed by atoms with E-state index in [1.54, 1.807) is 0 Å². The number of oxime groups is 1. The van der Waals surface area contributed by atoms with E-state index in [4.69, 9.17) is 10.9 Å². The molecule has 0 radical (unpaired) electrons. The molecule has 0 bridgehead atoms. The van der Waals surface area contributed by atoms with Crippen molar-refractivity contribution in [3.63, 3.8) is 0 Å². The van der Waals surface area contributed by atoms with Crippen LogP contribution in [0.1, 0.15) is 33.1 Å². The minimum absolute atomic E-state index is 0.0316. The van der Waals surface area contributed by atoms with Gasteiger partial charge in [0.05, 0.1) is 0 Å². The van der Waals surface area contributed by atoms with Gasteiger partial charge in [0.1, 0.15) is 5.41 Å². The standard InChI is InChI=1S/C10H19N3O2/c1-3-7(2)6-12-9(14)10(4-5-10)8(11)13-15/h7,15H,3-6H2,1-2H3,(H2,11,13)(H,12,14). The van der Waals surface area contributed by atoms with Gasteiger partial charge in [0.2, 0.25) is 5.91 Å². The summed E-state index contributed by atoms with van der Waals surface area (Å²) >= 11 is 0. The molecule has 0 spiro atoms. The smallest absolute Gasteiger partial charge is 0.233 e. The van der Waals surface area contributed by atoms with Crippen molar-refractivity contribution in [3.05, 3.63) is 0 Å². The Morgan fingerprint density at radius 3 is 2.67 bits per heavy atom. The molecule has 0 aromatic carbocycles. The Hall–Kier alpha value is -1.26. The van der Waals surface area contributed by atoms with Crippen molar-refractivity contribution in [3.8, 4) is 0 Å². The van der Waals surface area contributed by atoms with Crippen LogP contribution in [0.2, 0.25) is 0 Å². The number of amides is 1. The van der Waals surface area contributed by atoms with Crippen LogP contribution in [0.3, 0.4) is 0 Å². The molecule has 1 amide bonds. The number of carbonyl (C=O) groups is 1. The predicted octanol–water partition coefficient (Wildman–Crippen LogP) is 0.675. The zero-order valence-electron chi connectivity index (χ0n) is 9.29. The average Bonchev–Trinajstić information content (AvgIpc) is 3.05. The lowest BCUT2D eigenvalue weighted by Gasteiger charge is -2.15. The fraction of sp³-hybridized carbons (Fsp3) is 0.800. The van der Waals surface area contributed by atoms with Crippen molar-refractivity contribution < 1.29 is 10.0 Å². The van der Waals surface area contributed by atoms with Crippen molar-refractivity contribution in [2.24, 2.45) is 22.2 Å². The van der Waals surface area contributed by atoms with Gasteiger partial charge in [0.15, 0.2) is 5.84 Å². The van der Waals surface area contributed by atoms with Crippen LogP contribution in [-0.2, 0) is 4.79 Å². The summed E-state index contributed by atoms with van der Waals surface area (Å²) in [5.41, 5.74) is 4.77. The minimum Gasteiger partial charge on any atom is -0.409 e. The second kappa shape index (κ2) is 4.51. The van der Waals surface area contributed by atoms with Gasteiger partial charge in [-0.2, -0.15) is 0 Å². The van der Waals surface area contributed by atoms with E-state index >= 15 is 0 Å². The average molecular weight is 213 g/mol. The van der Waals surface area contributed by atoms with Gasteiger partial charge in [0.25, 0.3) is 0 Å². The van der Waals surface area contributed by atoms with E-state index in [0.717, 1.165) is 6.42 Å².